The molecule has 2 aliphatic carbocycles. The van der Waals surface area contributed by atoms with Gasteiger partial charge < -0.3 is 0 Å². The molecule has 6 heteroatoms. The van der Waals surface area contributed by atoms with Crippen molar-refractivity contribution in [2.45, 2.75) is 32.6 Å². The summed E-state index contributed by atoms with van der Waals surface area (Å²) in [6.07, 6.45) is 4.67. The first-order valence-corrected chi connectivity index (χ1v) is 7.09. The summed E-state index contributed by atoms with van der Waals surface area (Å²) >= 11 is 0. The number of hydrogen-bond donors (Lipinski definition) is 2. The molecule has 1 aromatic heterocycles. The summed E-state index contributed by atoms with van der Waals surface area (Å²) in [4.78, 5) is 12.2. The van der Waals surface area contributed by atoms with E-state index in [-0.39, 0.29) is 11.8 Å². The van der Waals surface area contributed by atoms with Crippen molar-refractivity contribution < 1.29 is 4.79 Å². The van der Waals surface area contributed by atoms with E-state index in [2.05, 4.69) is 22.0 Å². The molecule has 1 aromatic rings. The first-order chi connectivity index (χ1) is 9.60. The highest BCUT2D eigenvalue weighted by molar-refractivity contribution is 5.81. The van der Waals surface area contributed by atoms with Crippen LogP contribution in [0.2, 0.25) is 0 Å². The van der Waals surface area contributed by atoms with Gasteiger partial charge in [-0.25, -0.2) is 0 Å². The lowest BCUT2D eigenvalue weighted by atomic mass is 9.88. The Morgan fingerprint density at radius 1 is 1.45 bits per heavy atom. The van der Waals surface area contributed by atoms with E-state index in [1.165, 1.54) is 19.3 Å². The summed E-state index contributed by atoms with van der Waals surface area (Å²) in [5.41, 5.74) is 6.75. The number of rotatable bonds is 3. The van der Waals surface area contributed by atoms with Crippen molar-refractivity contribution >= 4 is 11.7 Å². The average Bonchev–Trinajstić information content (AvgIpc) is 3.10. The summed E-state index contributed by atoms with van der Waals surface area (Å²) in [5.74, 6) is 2.00. The lowest BCUT2D eigenvalue weighted by Crippen LogP contribution is -2.38. The van der Waals surface area contributed by atoms with Crippen molar-refractivity contribution in [1.29, 1.82) is 5.26 Å². The molecule has 2 fully saturated rings. The SMILES string of the molecule is Cc1nn(C)c(NNC(=O)C2CC3CCC2C3)c1C#N. The van der Waals surface area contributed by atoms with Crippen LogP contribution in [0.1, 0.15) is 36.9 Å². The molecule has 0 radical (unpaired) electrons. The summed E-state index contributed by atoms with van der Waals surface area (Å²) in [6.45, 7) is 1.78. The zero-order chi connectivity index (χ0) is 14.3. The fourth-order valence-electron chi connectivity index (χ4n) is 3.71. The Hall–Kier alpha value is -2.03. The smallest absolute Gasteiger partial charge is 0.241 e. The van der Waals surface area contributed by atoms with E-state index in [1.807, 2.05) is 0 Å². The second kappa shape index (κ2) is 4.82. The van der Waals surface area contributed by atoms with Crippen molar-refractivity contribution in [2.75, 3.05) is 5.43 Å². The minimum atomic E-state index is 0.0416. The zero-order valence-corrected chi connectivity index (χ0v) is 11.8. The maximum atomic E-state index is 12.2. The van der Waals surface area contributed by atoms with Crippen LogP contribution in [0.25, 0.3) is 0 Å². The number of carbonyl (C=O) groups excluding carboxylic acids is 1. The molecule has 0 saturated heterocycles. The van der Waals surface area contributed by atoms with Gasteiger partial charge in [0.15, 0.2) is 5.82 Å². The number of anilines is 1. The molecule has 0 aliphatic heterocycles. The Bertz CT molecular complexity index is 585. The highest BCUT2D eigenvalue weighted by Gasteiger charge is 2.43. The van der Waals surface area contributed by atoms with Crippen LogP contribution in [-0.4, -0.2) is 15.7 Å². The van der Waals surface area contributed by atoms with Gasteiger partial charge in [0.05, 0.1) is 5.69 Å². The van der Waals surface area contributed by atoms with E-state index in [4.69, 9.17) is 5.26 Å². The molecule has 2 bridgehead atoms. The minimum Gasteiger partial charge on any atom is -0.281 e. The van der Waals surface area contributed by atoms with E-state index in [9.17, 15) is 4.79 Å². The van der Waals surface area contributed by atoms with Crippen LogP contribution in [0, 0.1) is 36.0 Å². The first kappa shape index (κ1) is 13.0. The third-order valence-corrected chi connectivity index (χ3v) is 4.71. The predicted octanol–water partition coefficient (Wildman–Crippen LogP) is 1.48. The van der Waals surface area contributed by atoms with Crippen LogP contribution in [0.4, 0.5) is 5.82 Å². The fourth-order valence-corrected chi connectivity index (χ4v) is 3.71. The third kappa shape index (κ3) is 2.03. The molecule has 2 saturated carbocycles. The number of aromatic nitrogens is 2. The van der Waals surface area contributed by atoms with Crippen LogP contribution in [0.15, 0.2) is 0 Å². The quantitative estimate of drug-likeness (QED) is 0.817. The van der Waals surface area contributed by atoms with E-state index < -0.39 is 0 Å². The summed E-state index contributed by atoms with van der Waals surface area (Å²) in [5, 5.41) is 13.3. The van der Waals surface area contributed by atoms with Crippen LogP contribution in [0.5, 0.6) is 0 Å². The van der Waals surface area contributed by atoms with Gasteiger partial charge in [-0.1, -0.05) is 6.42 Å². The number of amides is 1. The molecule has 1 heterocycles. The number of aryl methyl sites for hydroxylation is 2. The molecular weight excluding hydrogens is 254 g/mol. The van der Waals surface area contributed by atoms with Crippen molar-refractivity contribution in [3.05, 3.63) is 11.3 Å². The predicted molar refractivity (Wildman–Crippen MR) is 73.4 cm³/mol. The van der Waals surface area contributed by atoms with E-state index in [0.717, 1.165) is 12.3 Å². The van der Waals surface area contributed by atoms with Crippen LogP contribution in [-0.2, 0) is 11.8 Å². The number of nitriles is 1. The number of hydrazine groups is 1. The number of nitrogens with one attached hydrogen (secondary N) is 2. The standard InChI is InChI=1S/C14H19N5O/c1-8-12(7-15)13(19(2)18-8)16-17-14(20)11-6-9-3-4-10(11)5-9/h9-11,16H,3-6H2,1-2H3,(H,17,20). The largest absolute Gasteiger partial charge is 0.281 e. The molecule has 20 heavy (non-hydrogen) atoms. The minimum absolute atomic E-state index is 0.0416. The molecule has 2 aliphatic rings. The van der Waals surface area contributed by atoms with Gasteiger partial charge in [0, 0.05) is 13.0 Å². The second-order valence-electron chi connectivity index (χ2n) is 5.94. The highest BCUT2D eigenvalue weighted by Crippen LogP contribution is 2.48. The van der Waals surface area contributed by atoms with Gasteiger partial charge in [-0.15, -0.1) is 0 Å². The van der Waals surface area contributed by atoms with Crippen LogP contribution in [0.3, 0.4) is 0 Å². The van der Waals surface area contributed by atoms with Gasteiger partial charge >= 0.3 is 0 Å². The van der Waals surface area contributed by atoms with Crippen molar-refractivity contribution in [3.63, 3.8) is 0 Å². The van der Waals surface area contributed by atoms with Gasteiger partial charge in [-0.05, 0) is 38.0 Å². The number of fused-ring (bicyclic) bond motifs is 2. The summed E-state index contributed by atoms with van der Waals surface area (Å²) in [7, 11) is 1.75. The lowest BCUT2D eigenvalue weighted by Gasteiger charge is -2.21. The Morgan fingerprint density at radius 3 is 2.85 bits per heavy atom. The molecule has 3 rings (SSSR count). The molecule has 0 spiro atoms. The van der Waals surface area contributed by atoms with Gasteiger partial charge in [0.2, 0.25) is 5.91 Å². The maximum Gasteiger partial charge on any atom is 0.241 e. The molecule has 0 aromatic carbocycles. The number of carbonyl (C=O) groups is 1. The van der Waals surface area contributed by atoms with E-state index >= 15 is 0 Å². The Balaban J connectivity index is 1.65. The lowest BCUT2D eigenvalue weighted by molar-refractivity contribution is -0.126. The van der Waals surface area contributed by atoms with Crippen LogP contribution >= 0.6 is 0 Å². The highest BCUT2D eigenvalue weighted by atomic mass is 16.2. The number of hydrogen-bond acceptors (Lipinski definition) is 4. The third-order valence-electron chi connectivity index (χ3n) is 4.71. The van der Waals surface area contributed by atoms with Gasteiger partial charge in [0.1, 0.15) is 11.6 Å². The van der Waals surface area contributed by atoms with Gasteiger partial charge in [0.25, 0.3) is 0 Å². The maximum absolute atomic E-state index is 12.2. The molecule has 6 nitrogen and oxygen atoms in total. The molecule has 2 N–H and O–H groups in total. The number of nitrogens with zero attached hydrogens (tertiary/aromatic N) is 3. The molecule has 3 unspecified atom stereocenters. The Labute approximate surface area is 118 Å². The van der Waals surface area contributed by atoms with Crippen molar-refractivity contribution in [1.82, 2.24) is 15.2 Å². The fraction of sp³-hybridized carbons (Fsp3) is 0.643. The average molecular weight is 273 g/mol. The van der Waals surface area contributed by atoms with Gasteiger partial charge in [-0.2, -0.15) is 10.4 Å². The van der Waals surface area contributed by atoms with E-state index in [0.29, 0.717) is 23.0 Å². The summed E-state index contributed by atoms with van der Waals surface area (Å²) in [6, 6.07) is 2.11. The van der Waals surface area contributed by atoms with Crippen molar-refractivity contribution in [3.8, 4) is 6.07 Å². The molecule has 1 amide bonds. The molecule has 106 valence electrons. The normalized spacial score (nSPS) is 27.4. The summed E-state index contributed by atoms with van der Waals surface area (Å²) < 4.78 is 1.58. The Kier molecular flexibility index (Phi) is 3.13. The Morgan fingerprint density at radius 2 is 2.25 bits per heavy atom. The van der Waals surface area contributed by atoms with Crippen molar-refractivity contribution in [2.24, 2.45) is 24.8 Å². The zero-order valence-electron chi connectivity index (χ0n) is 11.8. The first-order valence-electron chi connectivity index (χ1n) is 7.09. The van der Waals surface area contributed by atoms with Crippen LogP contribution < -0.4 is 10.9 Å². The molecule has 3 atom stereocenters. The monoisotopic (exact) mass is 273 g/mol. The second-order valence-corrected chi connectivity index (χ2v) is 5.94. The topological polar surface area (TPSA) is 82.7 Å². The molecular formula is C14H19N5O. The van der Waals surface area contributed by atoms with Gasteiger partial charge in [-0.3, -0.25) is 20.3 Å². The van der Waals surface area contributed by atoms with E-state index in [1.54, 1.807) is 18.7 Å².